The molecule has 0 aromatic heterocycles. The van der Waals surface area contributed by atoms with Gasteiger partial charge in [0.25, 0.3) is 0 Å². The third-order valence-electron chi connectivity index (χ3n) is 7.29. The molecule has 0 aromatic carbocycles. The molecule has 0 heterocycles. The number of carbonyl (C=O) groups excluding carboxylic acids is 3. The van der Waals surface area contributed by atoms with Crippen LogP contribution in [0.4, 0.5) is 0 Å². The molecule has 44 heavy (non-hydrogen) atoms. The largest absolute Gasteiger partial charge is 0.465 e. The summed E-state index contributed by atoms with van der Waals surface area (Å²) in [6.45, 7) is 7.66. The summed E-state index contributed by atoms with van der Waals surface area (Å²) in [7, 11) is 4.02. The summed E-state index contributed by atoms with van der Waals surface area (Å²) in [6.07, 6.45) is 27.1. The van der Waals surface area contributed by atoms with Gasteiger partial charge < -0.3 is 14.4 Å². The fourth-order valence-corrected chi connectivity index (χ4v) is 4.63. The molecule has 0 aromatic rings. The highest BCUT2D eigenvalue weighted by molar-refractivity contribution is 5.75. The minimum absolute atomic E-state index is 0.0397. The van der Waals surface area contributed by atoms with Gasteiger partial charge in [-0.3, -0.25) is 19.8 Å². The second-order valence-electron chi connectivity index (χ2n) is 12.0. The molecular weight excluding hydrogens is 554 g/mol. The maximum Gasteiger partial charge on any atom is 0.305 e. The third kappa shape index (κ3) is 31.2. The molecule has 1 N–H and O–H groups in total. The Hall–Kier alpha value is -2.19. The lowest BCUT2D eigenvalue weighted by Crippen LogP contribution is -2.43. The second-order valence-corrected chi connectivity index (χ2v) is 12.0. The molecule has 0 aliphatic carbocycles. The van der Waals surface area contributed by atoms with Crippen LogP contribution in [0.5, 0.6) is 0 Å². The zero-order valence-electron chi connectivity index (χ0n) is 28.9. The number of hydrazine groups is 1. The van der Waals surface area contributed by atoms with Gasteiger partial charge in [-0.25, -0.2) is 5.01 Å². The predicted octanol–water partition coefficient (Wildman–Crippen LogP) is 7.92. The Morgan fingerprint density at radius 1 is 0.545 bits per heavy atom. The van der Waals surface area contributed by atoms with Crippen LogP contribution in [0, 0.1) is 0 Å². The van der Waals surface area contributed by atoms with E-state index in [0.717, 1.165) is 90.3 Å². The molecule has 8 heteroatoms. The Labute approximate surface area is 270 Å². The van der Waals surface area contributed by atoms with E-state index in [4.69, 9.17) is 9.47 Å². The molecule has 0 saturated carbocycles. The van der Waals surface area contributed by atoms with Gasteiger partial charge in [-0.05, 0) is 91.3 Å². The lowest BCUT2D eigenvalue weighted by molar-refractivity contribution is -0.144. The minimum atomic E-state index is -0.132. The van der Waals surface area contributed by atoms with Gasteiger partial charge in [0, 0.05) is 32.4 Å². The van der Waals surface area contributed by atoms with E-state index in [1.165, 1.54) is 38.5 Å². The summed E-state index contributed by atoms with van der Waals surface area (Å²) < 4.78 is 10.7. The number of hydrogen-bond donors (Lipinski definition) is 1. The molecule has 256 valence electrons. The normalized spacial score (nSPS) is 11.7. The smallest absolute Gasteiger partial charge is 0.305 e. The molecule has 8 nitrogen and oxygen atoms in total. The van der Waals surface area contributed by atoms with Crippen molar-refractivity contribution in [3.05, 3.63) is 24.3 Å². The first-order valence-corrected chi connectivity index (χ1v) is 17.7. The van der Waals surface area contributed by atoms with E-state index < -0.39 is 0 Å². The number of nitrogens with zero attached hydrogens (tertiary/aromatic N) is 2. The quantitative estimate of drug-likeness (QED) is 0.0364. The Balaban J connectivity index is 4.20. The number of amides is 1. The molecule has 0 bridgehead atoms. The van der Waals surface area contributed by atoms with Gasteiger partial charge in [0.2, 0.25) is 5.91 Å². The second kappa shape index (κ2) is 32.2. The van der Waals surface area contributed by atoms with Gasteiger partial charge in [0.1, 0.15) is 0 Å². The number of esters is 2. The van der Waals surface area contributed by atoms with E-state index in [1.807, 2.05) is 19.1 Å². The van der Waals surface area contributed by atoms with E-state index in [2.05, 4.69) is 48.5 Å². The number of unbranched alkanes of at least 4 members (excludes halogenated alkanes) is 10. The van der Waals surface area contributed by atoms with Crippen LogP contribution in [0.25, 0.3) is 0 Å². The van der Waals surface area contributed by atoms with E-state index in [1.54, 1.807) is 0 Å². The van der Waals surface area contributed by atoms with Crippen molar-refractivity contribution in [1.29, 1.82) is 0 Å². The highest BCUT2D eigenvalue weighted by Crippen LogP contribution is 2.08. The van der Waals surface area contributed by atoms with Crippen LogP contribution in [-0.2, 0) is 23.9 Å². The summed E-state index contributed by atoms with van der Waals surface area (Å²) in [5.74, 6) is -0.224. The Bertz CT molecular complexity index is 706. The predicted molar refractivity (Wildman–Crippen MR) is 182 cm³/mol. The van der Waals surface area contributed by atoms with E-state index >= 15 is 0 Å². The van der Waals surface area contributed by atoms with Gasteiger partial charge in [-0.15, -0.1) is 0 Å². The lowest BCUT2D eigenvalue weighted by Gasteiger charge is -2.23. The van der Waals surface area contributed by atoms with E-state index in [9.17, 15) is 14.4 Å². The molecule has 0 rings (SSSR count). The van der Waals surface area contributed by atoms with Crippen LogP contribution < -0.4 is 5.43 Å². The summed E-state index contributed by atoms with van der Waals surface area (Å²) in [4.78, 5) is 38.7. The lowest BCUT2D eigenvalue weighted by atomic mass is 10.1. The number of hydrogen-bond acceptors (Lipinski definition) is 7. The third-order valence-corrected chi connectivity index (χ3v) is 7.29. The summed E-state index contributed by atoms with van der Waals surface area (Å²) in [6, 6.07) is 0. The van der Waals surface area contributed by atoms with Gasteiger partial charge in [0.05, 0.1) is 13.2 Å². The van der Waals surface area contributed by atoms with Crippen LogP contribution in [0.1, 0.15) is 142 Å². The molecule has 0 aliphatic rings. The zero-order chi connectivity index (χ0) is 32.5. The standard InChI is InChI=1S/C36H67N3O5/c1-5-7-9-11-13-15-23-32-43-35(41)27-19-17-21-30-39(37-34(40)26-25-29-38(3)4)31-22-18-20-28-36(42)44-33-24-16-14-12-10-8-6-2/h13-16H,5-12,17-33H2,1-4H3,(H,37,40)/b15-13-,16-14-. The van der Waals surface area contributed by atoms with E-state index in [-0.39, 0.29) is 17.8 Å². The Morgan fingerprint density at radius 3 is 1.48 bits per heavy atom. The van der Waals surface area contributed by atoms with Crippen LogP contribution in [0.15, 0.2) is 24.3 Å². The summed E-state index contributed by atoms with van der Waals surface area (Å²) >= 11 is 0. The minimum Gasteiger partial charge on any atom is -0.465 e. The molecule has 0 atom stereocenters. The molecule has 0 unspecified atom stereocenters. The summed E-state index contributed by atoms with van der Waals surface area (Å²) in [5, 5.41) is 2.01. The molecule has 0 spiro atoms. The molecule has 0 aliphatic heterocycles. The van der Waals surface area contributed by atoms with Crippen molar-refractivity contribution in [2.75, 3.05) is 46.9 Å². The van der Waals surface area contributed by atoms with Crippen molar-refractivity contribution in [3.63, 3.8) is 0 Å². The van der Waals surface area contributed by atoms with Gasteiger partial charge in [-0.2, -0.15) is 0 Å². The monoisotopic (exact) mass is 622 g/mol. The first kappa shape index (κ1) is 41.8. The van der Waals surface area contributed by atoms with Crippen LogP contribution in [0.2, 0.25) is 0 Å². The average Bonchev–Trinajstić information content (AvgIpc) is 2.99. The van der Waals surface area contributed by atoms with Crippen LogP contribution in [0.3, 0.4) is 0 Å². The highest BCUT2D eigenvalue weighted by Gasteiger charge is 2.11. The van der Waals surface area contributed by atoms with Crippen molar-refractivity contribution in [2.24, 2.45) is 0 Å². The SMILES string of the molecule is CCCCC/C=C\CCOC(=O)CCCCCN(CCCCCC(=O)OCC/C=C\CCCCC)NC(=O)CCCN(C)C. The van der Waals surface area contributed by atoms with Crippen molar-refractivity contribution in [3.8, 4) is 0 Å². The Morgan fingerprint density at radius 2 is 1.02 bits per heavy atom. The van der Waals surface area contributed by atoms with Crippen molar-refractivity contribution < 1.29 is 23.9 Å². The average molecular weight is 622 g/mol. The van der Waals surface area contributed by atoms with Crippen LogP contribution in [-0.4, -0.2) is 74.7 Å². The number of carbonyl (C=O) groups is 3. The van der Waals surface area contributed by atoms with Crippen molar-refractivity contribution in [1.82, 2.24) is 15.3 Å². The topological polar surface area (TPSA) is 88.2 Å². The molecule has 1 amide bonds. The Kier molecular flexibility index (Phi) is 30.6. The first-order valence-electron chi connectivity index (χ1n) is 17.7. The number of allylic oxidation sites excluding steroid dienone is 2. The number of ether oxygens (including phenoxy) is 2. The molecular formula is C36H67N3O5. The van der Waals surface area contributed by atoms with Gasteiger partial charge in [-0.1, -0.05) is 76.7 Å². The van der Waals surface area contributed by atoms with E-state index in [0.29, 0.717) is 32.5 Å². The number of nitrogens with one attached hydrogen (secondary N) is 1. The zero-order valence-corrected chi connectivity index (χ0v) is 28.9. The highest BCUT2D eigenvalue weighted by atomic mass is 16.5. The number of rotatable bonds is 31. The molecule has 0 fully saturated rings. The maximum absolute atomic E-state index is 12.5. The van der Waals surface area contributed by atoms with Crippen molar-refractivity contribution in [2.45, 2.75) is 142 Å². The van der Waals surface area contributed by atoms with Crippen LogP contribution >= 0.6 is 0 Å². The fraction of sp³-hybridized carbons (Fsp3) is 0.806. The molecule has 0 saturated heterocycles. The van der Waals surface area contributed by atoms with Gasteiger partial charge in [0.15, 0.2) is 0 Å². The van der Waals surface area contributed by atoms with Crippen molar-refractivity contribution >= 4 is 17.8 Å². The van der Waals surface area contributed by atoms with Gasteiger partial charge >= 0.3 is 11.9 Å². The maximum atomic E-state index is 12.5. The first-order chi connectivity index (χ1) is 21.4. The summed E-state index contributed by atoms with van der Waals surface area (Å²) in [5.41, 5.74) is 3.08. The molecule has 0 radical (unpaired) electrons. The fourth-order valence-electron chi connectivity index (χ4n) is 4.63.